The predicted molar refractivity (Wildman–Crippen MR) is 121 cm³/mol. The Labute approximate surface area is 180 Å². The molecule has 0 unspecified atom stereocenters. The number of fused-ring (bicyclic) bond motifs is 3. The van der Waals surface area contributed by atoms with Crippen molar-refractivity contribution >= 4 is 45.8 Å². The summed E-state index contributed by atoms with van der Waals surface area (Å²) < 4.78 is 1.75. The van der Waals surface area contributed by atoms with Crippen molar-refractivity contribution in [2.45, 2.75) is 19.8 Å². The van der Waals surface area contributed by atoms with Crippen molar-refractivity contribution in [3.63, 3.8) is 0 Å². The highest BCUT2D eigenvalue weighted by atomic mass is 35.5. The van der Waals surface area contributed by atoms with Crippen molar-refractivity contribution in [1.29, 1.82) is 0 Å². The number of amides is 1. The zero-order valence-electron chi connectivity index (χ0n) is 17.1. The molecule has 154 valence electrons. The van der Waals surface area contributed by atoms with Crippen molar-refractivity contribution in [1.82, 2.24) is 4.57 Å². The predicted octanol–water partition coefficient (Wildman–Crippen LogP) is 4.78. The van der Waals surface area contributed by atoms with E-state index in [1.165, 1.54) is 13.0 Å². The van der Waals surface area contributed by atoms with Crippen LogP contribution in [0.1, 0.15) is 40.0 Å². The average molecular weight is 423 g/mol. The first-order valence-electron chi connectivity index (χ1n) is 9.79. The molecule has 4 rings (SSSR count). The van der Waals surface area contributed by atoms with E-state index in [-0.39, 0.29) is 23.4 Å². The molecule has 30 heavy (non-hydrogen) atoms. The number of anilines is 1. The third-order valence-electron chi connectivity index (χ3n) is 5.66. The van der Waals surface area contributed by atoms with Crippen molar-refractivity contribution in [3.8, 4) is 5.75 Å². The molecule has 0 spiro atoms. The number of phenolic OH excluding ortho intramolecular Hbond substituents is 1. The van der Waals surface area contributed by atoms with Crippen LogP contribution in [-0.4, -0.2) is 33.8 Å². The molecule has 3 aromatic rings. The number of aromatic nitrogens is 1. The lowest BCUT2D eigenvalue weighted by molar-refractivity contribution is -0.112. The summed E-state index contributed by atoms with van der Waals surface area (Å²) in [5, 5.41) is 12.4. The monoisotopic (exact) mass is 422 g/mol. The molecule has 5 nitrogen and oxygen atoms in total. The first-order chi connectivity index (χ1) is 14.3. The highest BCUT2D eigenvalue weighted by Gasteiger charge is 2.36. The van der Waals surface area contributed by atoms with Crippen LogP contribution in [0.25, 0.3) is 16.8 Å². The van der Waals surface area contributed by atoms with Crippen LogP contribution in [0, 0.1) is 6.92 Å². The van der Waals surface area contributed by atoms with Gasteiger partial charge in [0.2, 0.25) is 0 Å². The number of benzene rings is 2. The van der Waals surface area contributed by atoms with Gasteiger partial charge in [0, 0.05) is 43.0 Å². The SMILES string of the molecule is CC(=O)/C=C/c1cc(C(=O)N2C[C@@H](CCl)c3c2cc(O)c2cccc(C)c32)n(C)c1. The summed E-state index contributed by atoms with van der Waals surface area (Å²) in [6, 6.07) is 9.24. The zero-order chi connectivity index (χ0) is 21.6. The van der Waals surface area contributed by atoms with Crippen LogP contribution in [-0.2, 0) is 11.8 Å². The second kappa shape index (κ2) is 7.65. The van der Waals surface area contributed by atoms with E-state index in [1.807, 2.05) is 31.3 Å². The summed E-state index contributed by atoms with van der Waals surface area (Å²) in [7, 11) is 1.80. The molecule has 2 aromatic carbocycles. The quantitative estimate of drug-likeness (QED) is 0.486. The molecule has 0 saturated heterocycles. The fraction of sp³-hybridized carbons (Fsp3) is 0.250. The Hall–Kier alpha value is -3.05. The first kappa shape index (κ1) is 20.2. The lowest BCUT2D eigenvalue weighted by Gasteiger charge is -2.19. The Balaban J connectivity index is 1.82. The summed E-state index contributed by atoms with van der Waals surface area (Å²) in [6.07, 6.45) is 4.98. The number of aryl methyl sites for hydroxylation is 2. The summed E-state index contributed by atoms with van der Waals surface area (Å²) in [6.45, 7) is 3.94. The van der Waals surface area contributed by atoms with Crippen molar-refractivity contribution in [3.05, 3.63) is 65.0 Å². The van der Waals surface area contributed by atoms with E-state index in [2.05, 4.69) is 0 Å². The molecule has 2 heterocycles. The Kier molecular flexibility index (Phi) is 5.16. The topological polar surface area (TPSA) is 62.5 Å². The number of nitrogens with zero attached hydrogens (tertiary/aromatic N) is 2. The molecular formula is C24H23ClN2O3. The van der Waals surface area contributed by atoms with Crippen LogP contribution < -0.4 is 4.90 Å². The summed E-state index contributed by atoms with van der Waals surface area (Å²) >= 11 is 6.30. The average Bonchev–Trinajstić information content (AvgIpc) is 3.26. The van der Waals surface area contributed by atoms with Crippen LogP contribution in [0.15, 0.2) is 42.6 Å². The molecular weight excluding hydrogens is 400 g/mol. The number of halogens is 1. The molecule has 0 aliphatic carbocycles. The molecule has 1 aliphatic rings. The van der Waals surface area contributed by atoms with Gasteiger partial charge in [0.15, 0.2) is 5.78 Å². The number of carbonyl (C=O) groups is 2. The first-order valence-corrected chi connectivity index (χ1v) is 10.3. The minimum atomic E-state index is -0.166. The third-order valence-corrected chi connectivity index (χ3v) is 6.03. The molecule has 0 fully saturated rings. The maximum atomic E-state index is 13.5. The third kappa shape index (κ3) is 3.29. The standard InChI is InChI=1S/C24H23ClN2O3/c1-14-5-4-6-18-21(29)10-19-23(22(14)18)17(11-25)13-27(19)24(30)20-9-16(12-26(20)3)8-7-15(2)28/h4-10,12,17,29H,11,13H2,1-3H3/b8-7+/t17-/m1/s1. The van der Waals surface area contributed by atoms with Gasteiger partial charge < -0.3 is 14.6 Å². The van der Waals surface area contributed by atoms with Gasteiger partial charge in [-0.2, -0.15) is 0 Å². The number of ketones is 1. The van der Waals surface area contributed by atoms with Gasteiger partial charge in [0.25, 0.3) is 5.91 Å². The Morgan fingerprint density at radius 3 is 2.77 bits per heavy atom. The second-order valence-corrected chi connectivity index (χ2v) is 8.12. The van der Waals surface area contributed by atoms with Crippen LogP contribution in [0.3, 0.4) is 0 Å². The molecule has 0 radical (unpaired) electrons. The molecule has 1 aliphatic heterocycles. The van der Waals surface area contributed by atoms with Gasteiger partial charge in [0.05, 0.1) is 5.69 Å². The number of alkyl halides is 1. The lowest BCUT2D eigenvalue weighted by atomic mass is 9.92. The number of carbonyl (C=O) groups excluding carboxylic acids is 2. The molecule has 6 heteroatoms. The molecule has 1 atom stereocenters. The number of phenols is 1. The van der Waals surface area contributed by atoms with Crippen LogP contribution in [0.5, 0.6) is 5.75 Å². The lowest BCUT2D eigenvalue weighted by Crippen LogP contribution is -2.31. The number of rotatable bonds is 4. The number of hydrogen-bond acceptors (Lipinski definition) is 3. The summed E-state index contributed by atoms with van der Waals surface area (Å²) in [5.74, 6) is 0.290. The van der Waals surface area contributed by atoms with Crippen LogP contribution in [0.2, 0.25) is 0 Å². The minimum Gasteiger partial charge on any atom is -0.507 e. The van der Waals surface area contributed by atoms with Gasteiger partial charge in [0.1, 0.15) is 11.4 Å². The largest absolute Gasteiger partial charge is 0.507 e. The van der Waals surface area contributed by atoms with E-state index in [4.69, 9.17) is 11.6 Å². The number of allylic oxidation sites excluding steroid dienone is 1. The normalized spacial score (nSPS) is 15.9. The number of aromatic hydroxyl groups is 1. The van der Waals surface area contributed by atoms with Crippen molar-refractivity contribution in [2.75, 3.05) is 17.3 Å². The van der Waals surface area contributed by atoms with Gasteiger partial charge in [-0.3, -0.25) is 9.59 Å². The van der Waals surface area contributed by atoms with E-state index in [0.29, 0.717) is 23.8 Å². The highest BCUT2D eigenvalue weighted by molar-refractivity contribution is 6.19. The zero-order valence-corrected chi connectivity index (χ0v) is 17.9. The van der Waals surface area contributed by atoms with Crippen molar-refractivity contribution in [2.24, 2.45) is 7.05 Å². The Bertz CT molecular complexity index is 1210. The van der Waals surface area contributed by atoms with Gasteiger partial charge >= 0.3 is 0 Å². The molecule has 0 saturated carbocycles. The van der Waals surface area contributed by atoms with Gasteiger partial charge in [-0.25, -0.2) is 0 Å². The van der Waals surface area contributed by atoms with Gasteiger partial charge in [-0.15, -0.1) is 11.6 Å². The smallest absolute Gasteiger partial charge is 0.274 e. The van der Waals surface area contributed by atoms with Crippen LogP contribution in [0.4, 0.5) is 5.69 Å². The van der Waals surface area contributed by atoms with E-state index < -0.39 is 0 Å². The Morgan fingerprint density at radius 1 is 1.30 bits per heavy atom. The summed E-state index contributed by atoms with van der Waals surface area (Å²) in [5.41, 5.74) is 4.03. The van der Waals surface area contributed by atoms with E-state index >= 15 is 0 Å². The van der Waals surface area contributed by atoms with Crippen molar-refractivity contribution < 1.29 is 14.7 Å². The minimum absolute atomic E-state index is 0.0211. The fourth-order valence-electron chi connectivity index (χ4n) is 4.26. The number of hydrogen-bond donors (Lipinski definition) is 1. The molecule has 1 N–H and O–H groups in total. The van der Waals surface area contributed by atoms with E-state index in [9.17, 15) is 14.7 Å². The van der Waals surface area contributed by atoms with E-state index in [1.54, 1.807) is 34.7 Å². The molecule has 1 aromatic heterocycles. The van der Waals surface area contributed by atoms with Gasteiger partial charge in [-0.05, 0) is 54.1 Å². The highest BCUT2D eigenvalue weighted by Crippen LogP contribution is 2.46. The van der Waals surface area contributed by atoms with Gasteiger partial charge in [-0.1, -0.05) is 18.2 Å². The molecule has 0 bridgehead atoms. The molecule has 1 amide bonds. The van der Waals surface area contributed by atoms with E-state index in [0.717, 1.165) is 27.5 Å². The Morgan fingerprint density at radius 2 is 2.07 bits per heavy atom. The summed E-state index contributed by atoms with van der Waals surface area (Å²) in [4.78, 5) is 26.4. The maximum absolute atomic E-state index is 13.5. The fourth-order valence-corrected chi connectivity index (χ4v) is 4.51. The maximum Gasteiger partial charge on any atom is 0.274 e. The second-order valence-electron chi connectivity index (χ2n) is 7.81. The van der Waals surface area contributed by atoms with Crippen LogP contribution >= 0.6 is 11.6 Å².